The monoisotopic (exact) mass is 124 g/mol. The third-order valence-corrected chi connectivity index (χ3v) is 1.81. The summed E-state index contributed by atoms with van der Waals surface area (Å²) in [5, 5.41) is 0. The molecule has 0 nitrogen and oxygen atoms in total. The molecule has 0 aliphatic heterocycles. The molecule has 0 heterocycles. The third-order valence-electron chi connectivity index (χ3n) is 1.81. The fourth-order valence-corrected chi connectivity index (χ4v) is 1.25. The second-order valence-electron chi connectivity index (χ2n) is 2.39. The highest BCUT2D eigenvalue weighted by Crippen LogP contribution is 2.26. The fraction of sp³-hybridized carbons (Fsp3) is 1.00. The lowest BCUT2D eigenvalue weighted by Gasteiger charge is -2.00. The van der Waals surface area contributed by atoms with Gasteiger partial charge >= 0.3 is 0 Å². The quantitative estimate of drug-likeness (QED) is 0.471. The summed E-state index contributed by atoms with van der Waals surface area (Å²) in [7, 11) is 5.43. The smallest absolute Gasteiger partial charge is 0.0656 e. The maximum absolute atomic E-state index is 5.43. The van der Waals surface area contributed by atoms with Crippen LogP contribution in [0, 0.1) is 5.92 Å². The highest BCUT2D eigenvalue weighted by atomic mass is 14.2. The molecule has 1 fully saturated rings. The average Bonchev–Trinajstić information content (AvgIpc) is 2.43. The van der Waals surface area contributed by atoms with Crippen LogP contribution in [0.2, 0.25) is 6.32 Å². The largest absolute Gasteiger partial charge is 0.0859 e. The van der Waals surface area contributed by atoms with Gasteiger partial charge in [-0.25, -0.2) is 0 Å². The molecule has 0 N–H and O–H groups in total. The van der Waals surface area contributed by atoms with Gasteiger partial charge in [-0.1, -0.05) is 45.9 Å². The summed E-state index contributed by atoms with van der Waals surface area (Å²) >= 11 is 0. The molecule has 0 aromatic heterocycles. The van der Waals surface area contributed by atoms with Crippen molar-refractivity contribution in [3.63, 3.8) is 0 Å². The van der Waals surface area contributed by atoms with Gasteiger partial charge in [-0.05, 0) is 5.92 Å². The minimum atomic E-state index is 0.875. The first-order chi connectivity index (χ1) is 4.43. The van der Waals surface area contributed by atoms with E-state index in [2.05, 4.69) is 0 Å². The van der Waals surface area contributed by atoms with E-state index in [0.717, 1.165) is 12.2 Å². The lowest BCUT2D eigenvalue weighted by Crippen LogP contribution is -1.88. The molecule has 0 saturated heterocycles. The van der Waals surface area contributed by atoms with Gasteiger partial charge in [-0.2, -0.15) is 0 Å². The Morgan fingerprint density at radius 3 is 1.89 bits per heavy atom. The van der Waals surface area contributed by atoms with E-state index in [-0.39, 0.29) is 0 Å². The van der Waals surface area contributed by atoms with Gasteiger partial charge in [0.25, 0.3) is 0 Å². The van der Waals surface area contributed by atoms with E-state index >= 15 is 0 Å². The first kappa shape index (κ1) is 9.06. The van der Waals surface area contributed by atoms with Crippen molar-refractivity contribution in [3.8, 4) is 0 Å². The second kappa shape index (κ2) is 6.19. The van der Waals surface area contributed by atoms with E-state index < -0.39 is 0 Å². The van der Waals surface area contributed by atoms with Gasteiger partial charge in [0.1, 0.15) is 0 Å². The SMILES string of the molecule is CC.[B]CC1CCCC1. The molecule has 0 amide bonds. The molecule has 2 radical (unpaired) electrons. The van der Waals surface area contributed by atoms with Crippen molar-refractivity contribution in [3.05, 3.63) is 0 Å². The van der Waals surface area contributed by atoms with Crippen molar-refractivity contribution < 1.29 is 0 Å². The maximum Gasteiger partial charge on any atom is 0.0656 e. The Kier molecular flexibility index (Phi) is 6.23. The first-order valence-electron chi connectivity index (χ1n) is 4.13. The molecule has 1 saturated carbocycles. The van der Waals surface area contributed by atoms with Crippen LogP contribution in [0.5, 0.6) is 0 Å². The second-order valence-corrected chi connectivity index (χ2v) is 2.39. The van der Waals surface area contributed by atoms with Gasteiger partial charge in [0, 0.05) is 0 Å². The standard InChI is InChI=1S/C6H11B.C2H6/c7-5-6-3-1-2-4-6;1-2/h6H,1-5H2;1-2H3. The summed E-state index contributed by atoms with van der Waals surface area (Å²) in [6, 6.07) is 0. The molecule has 1 aliphatic carbocycles. The summed E-state index contributed by atoms with van der Waals surface area (Å²) in [5.74, 6) is 0.875. The Labute approximate surface area is 60.4 Å². The van der Waals surface area contributed by atoms with Crippen LogP contribution in [0.25, 0.3) is 0 Å². The van der Waals surface area contributed by atoms with E-state index in [4.69, 9.17) is 7.85 Å². The Bertz CT molecular complexity index is 46.5. The minimum Gasteiger partial charge on any atom is -0.0859 e. The molecule has 9 heavy (non-hydrogen) atoms. The molecule has 0 atom stereocenters. The highest BCUT2D eigenvalue weighted by Gasteiger charge is 2.10. The molecular weight excluding hydrogens is 107 g/mol. The summed E-state index contributed by atoms with van der Waals surface area (Å²) in [6.07, 6.45) is 6.52. The van der Waals surface area contributed by atoms with Crippen molar-refractivity contribution >= 4 is 7.85 Å². The average molecular weight is 124 g/mol. The van der Waals surface area contributed by atoms with Crippen LogP contribution in [-0.4, -0.2) is 7.85 Å². The molecule has 1 rings (SSSR count). The summed E-state index contributed by atoms with van der Waals surface area (Å²) < 4.78 is 0. The van der Waals surface area contributed by atoms with E-state index in [1.54, 1.807) is 0 Å². The Balaban J connectivity index is 0.000000291. The molecule has 0 bridgehead atoms. The summed E-state index contributed by atoms with van der Waals surface area (Å²) in [4.78, 5) is 0. The molecule has 1 heteroatoms. The molecule has 0 aromatic carbocycles. The zero-order chi connectivity index (χ0) is 7.11. The highest BCUT2D eigenvalue weighted by molar-refractivity contribution is 6.08. The zero-order valence-electron chi connectivity index (χ0n) is 6.69. The number of rotatable bonds is 1. The van der Waals surface area contributed by atoms with Crippen molar-refractivity contribution in [1.29, 1.82) is 0 Å². The van der Waals surface area contributed by atoms with Gasteiger partial charge in [0.05, 0.1) is 7.85 Å². The van der Waals surface area contributed by atoms with Crippen molar-refractivity contribution in [2.45, 2.75) is 45.9 Å². The third kappa shape index (κ3) is 3.61. The number of hydrogen-bond donors (Lipinski definition) is 0. The van der Waals surface area contributed by atoms with E-state index in [9.17, 15) is 0 Å². The number of hydrogen-bond acceptors (Lipinski definition) is 0. The van der Waals surface area contributed by atoms with E-state index in [1.807, 2.05) is 13.8 Å². The lowest BCUT2D eigenvalue weighted by atomic mass is 9.90. The summed E-state index contributed by atoms with van der Waals surface area (Å²) in [5.41, 5.74) is 0. The molecule has 0 spiro atoms. The zero-order valence-corrected chi connectivity index (χ0v) is 6.69. The fourth-order valence-electron chi connectivity index (χ4n) is 1.25. The molecular formula is C8H17B. The van der Waals surface area contributed by atoms with E-state index in [1.165, 1.54) is 25.7 Å². The van der Waals surface area contributed by atoms with Crippen LogP contribution in [-0.2, 0) is 0 Å². The summed E-state index contributed by atoms with van der Waals surface area (Å²) in [6.45, 7) is 4.00. The van der Waals surface area contributed by atoms with Gasteiger partial charge in [-0.3, -0.25) is 0 Å². The van der Waals surface area contributed by atoms with Crippen molar-refractivity contribution in [2.24, 2.45) is 5.92 Å². The Morgan fingerprint density at radius 2 is 1.67 bits per heavy atom. The van der Waals surface area contributed by atoms with Crippen LogP contribution in [0.3, 0.4) is 0 Å². The molecule has 0 aromatic rings. The predicted molar refractivity (Wildman–Crippen MR) is 43.9 cm³/mol. The molecule has 0 unspecified atom stereocenters. The van der Waals surface area contributed by atoms with Crippen LogP contribution in [0.4, 0.5) is 0 Å². The minimum absolute atomic E-state index is 0.875. The molecule has 1 aliphatic rings. The van der Waals surface area contributed by atoms with Crippen LogP contribution < -0.4 is 0 Å². The van der Waals surface area contributed by atoms with Crippen LogP contribution in [0.1, 0.15) is 39.5 Å². The topological polar surface area (TPSA) is 0 Å². The maximum atomic E-state index is 5.43. The van der Waals surface area contributed by atoms with Crippen LogP contribution >= 0.6 is 0 Å². The van der Waals surface area contributed by atoms with Crippen molar-refractivity contribution in [2.75, 3.05) is 0 Å². The Hall–Kier alpha value is 0.0649. The first-order valence-corrected chi connectivity index (χ1v) is 4.13. The van der Waals surface area contributed by atoms with Crippen LogP contribution in [0.15, 0.2) is 0 Å². The lowest BCUT2D eigenvalue weighted by molar-refractivity contribution is 0.611. The van der Waals surface area contributed by atoms with Crippen molar-refractivity contribution in [1.82, 2.24) is 0 Å². The van der Waals surface area contributed by atoms with E-state index in [0.29, 0.717) is 0 Å². The van der Waals surface area contributed by atoms with Gasteiger partial charge in [0.2, 0.25) is 0 Å². The van der Waals surface area contributed by atoms with Gasteiger partial charge in [-0.15, -0.1) is 0 Å². The normalized spacial score (nSPS) is 18.9. The van der Waals surface area contributed by atoms with Gasteiger partial charge in [0.15, 0.2) is 0 Å². The molecule has 52 valence electrons. The van der Waals surface area contributed by atoms with Gasteiger partial charge < -0.3 is 0 Å². The predicted octanol–water partition coefficient (Wildman–Crippen LogP) is 2.79. The Morgan fingerprint density at radius 1 is 1.22 bits per heavy atom.